The maximum absolute atomic E-state index is 14.1. The molecule has 1 saturated heterocycles. The van der Waals surface area contributed by atoms with Crippen molar-refractivity contribution < 1.29 is 23.5 Å². The number of hydrazone groups is 1. The van der Waals surface area contributed by atoms with Crippen LogP contribution in [0.3, 0.4) is 0 Å². The molecular weight excluding hydrogens is 535 g/mol. The highest BCUT2D eigenvalue weighted by atomic mass is 19.1. The average Bonchev–Trinajstić information content (AvgIpc) is 3.46. The number of carbonyl (C=O) groups excluding carboxylic acids is 2. The number of carbonyl (C=O) groups is 2. The van der Waals surface area contributed by atoms with E-state index in [1.54, 1.807) is 13.2 Å². The fourth-order valence-corrected chi connectivity index (χ4v) is 5.40. The van der Waals surface area contributed by atoms with E-state index in [1.165, 1.54) is 33.7 Å². The Balaban J connectivity index is 1.45. The van der Waals surface area contributed by atoms with Crippen LogP contribution in [0.5, 0.6) is 5.75 Å². The van der Waals surface area contributed by atoms with E-state index in [0.717, 1.165) is 35.5 Å². The van der Waals surface area contributed by atoms with Crippen LogP contribution in [0.25, 0.3) is 0 Å². The van der Waals surface area contributed by atoms with Crippen molar-refractivity contribution in [2.45, 2.75) is 26.3 Å². The van der Waals surface area contributed by atoms with E-state index in [2.05, 4.69) is 30.9 Å². The second-order valence-electron chi connectivity index (χ2n) is 10.7. The third-order valence-electron chi connectivity index (χ3n) is 7.98. The molecule has 2 heterocycles. The SMILES string of the molecule is COc1ccccc1[C@@H]1CC(c2ccc(C)c(C)c2)=NN1C(=O)CN(CCN1CCOCC1)C(=O)c1cccc(F)c1. The van der Waals surface area contributed by atoms with E-state index < -0.39 is 17.8 Å². The number of nitrogens with zero attached hydrogens (tertiary/aromatic N) is 4. The summed E-state index contributed by atoms with van der Waals surface area (Å²) in [4.78, 5) is 31.4. The second-order valence-corrected chi connectivity index (χ2v) is 10.7. The summed E-state index contributed by atoms with van der Waals surface area (Å²) in [7, 11) is 1.61. The molecule has 9 heteroatoms. The van der Waals surface area contributed by atoms with Crippen molar-refractivity contribution in [3.63, 3.8) is 0 Å². The van der Waals surface area contributed by atoms with Gasteiger partial charge in [-0.15, -0.1) is 0 Å². The molecule has 2 amide bonds. The number of benzene rings is 3. The summed E-state index contributed by atoms with van der Waals surface area (Å²) in [6.45, 7) is 7.55. The largest absolute Gasteiger partial charge is 0.496 e. The zero-order valence-electron chi connectivity index (χ0n) is 24.4. The zero-order valence-corrected chi connectivity index (χ0v) is 24.4. The first-order valence-corrected chi connectivity index (χ1v) is 14.3. The van der Waals surface area contributed by atoms with Gasteiger partial charge in [0.2, 0.25) is 0 Å². The van der Waals surface area contributed by atoms with Crippen molar-refractivity contribution in [1.29, 1.82) is 0 Å². The fraction of sp³-hybridized carbons (Fsp3) is 0.364. The van der Waals surface area contributed by atoms with Crippen LogP contribution in [-0.4, -0.2) is 85.4 Å². The Morgan fingerprint density at radius 1 is 1.02 bits per heavy atom. The number of hydrogen-bond donors (Lipinski definition) is 0. The molecule has 0 spiro atoms. The summed E-state index contributed by atoms with van der Waals surface area (Å²) in [6, 6.07) is 18.9. The van der Waals surface area contributed by atoms with Crippen LogP contribution in [0.2, 0.25) is 0 Å². The minimum Gasteiger partial charge on any atom is -0.496 e. The van der Waals surface area contributed by atoms with E-state index in [1.807, 2.05) is 30.3 Å². The number of ether oxygens (including phenoxy) is 2. The van der Waals surface area contributed by atoms with Crippen molar-refractivity contribution in [3.05, 3.63) is 100 Å². The molecule has 42 heavy (non-hydrogen) atoms. The smallest absolute Gasteiger partial charge is 0.262 e. The van der Waals surface area contributed by atoms with Crippen molar-refractivity contribution in [1.82, 2.24) is 14.8 Å². The Kier molecular flexibility index (Phi) is 9.29. The summed E-state index contributed by atoms with van der Waals surface area (Å²) >= 11 is 0. The van der Waals surface area contributed by atoms with Gasteiger partial charge in [-0.25, -0.2) is 9.40 Å². The highest BCUT2D eigenvalue weighted by Crippen LogP contribution is 2.37. The third kappa shape index (κ3) is 6.69. The average molecular weight is 573 g/mol. The lowest BCUT2D eigenvalue weighted by molar-refractivity contribution is -0.133. The number of methoxy groups -OCH3 is 1. The molecule has 5 rings (SSSR count). The second kappa shape index (κ2) is 13.3. The van der Waals surface area contributed by atoms with Gasteiger partial charge in [0.25, 0.3) is 11.8 Å². The summed E-state index contributed by atoms with van der Waals surface area (Å²) in [5.41, 5.74) is 5.10. The fourth-order valence-electron chi connectivity index (χ4n) is 5.40. The standard InChI is InChI=1S/C33H37FN4O4/c1-23-11-12-25(19-24(23)2)29-21-30(28-9-4-5-10-31(28)41-3)38(35-29)32(39)22-37(14-13-36-15-17-42-18-16-36)33(40)26-7-6-8-27(34)20-26/h4-12,19-20,30H,13-18,21-22H2,1-3H3/t30-/m0/s1. The number of rotatable bonds is 9. The van der Waals surface area contributed by atoms with E-state index in [0.29, 0.717) is 38.5 Å². The molecule has 3 aromatic carbocycles. The van der Waals surface area contributed by atoms with Crippen molar-refractivity contribution in [2.75, 3.05) is 53.0 Å². The number of aryl methyl sites for hydroxylation is 2. The van der Waals surface area contributed by atoms with Crippen LogP contribution in [-0.2, 0) is 9.53 Å². The Morgan fingerprint density at radius 3 is 2.55 bits per heavy atom. The molecule has 220 valence electrons. The van der Waals surface area contributed by atoms with Crippen molar-refractivity contribution in [2.24, 2.45) is 5.10 Å². The first-order valence-electron chi connectivity index (χ1n) is 14.3. The van der Waals surface area contributed by atoms with Gasteiger partial charge < -0.3 is 14.4 Å². The van der Waals surface area contributed by atoms with Gasteiger partial charge in [-0.05, 0) is 60.9 Å². The molecule has 8 nitrogen and oxygen atoms in total. The number of halogens is 1. The molecule has 0 aliphatic carbocycles. The minimum atomic E-state index is -0.501. The Morgan fingerprint density at radius 2 is 1.81 bits per heavy atom. The van der Waals surface area contributed by atoms with E-state index in [4.69, 9.17) is 14.6 Å². The minimum absolute atomic E-state index is 0.199. The van der Waals surface area contributed by atoms with Crippen LogP contribution >= 0.6 is 0 Å². The Hall–Kier alpha value is -4.08. The van der Waals surface area contributed by atoms with Crippen LogP contribution in [0.15, 0.2) is 71.8 Å². The highest BCUT2D eigenvalue weighted by Gasteiger charge is 2.36. The van der Waals surface area contributed by atoms with Gasteiger partial charge in [0.15, 0.2) is 0 Å². The van der Waals surface area contributed by atoms with Gasteiger partial charge in [0.05, 0.1) is 32.1 Å². The molecule has 1 fully saturated rings. The van der Waals surface area contributed by atoms with Gasteiger partial charge in [0, 0.05) is 43.7 Å². The van der Waals surface area contributed by atoms with Crippen LogP contribution in [0.4, 0.5) is 4.39 Å². The third-order valence-corrected chi connectivity index (χ3v) is 7.98. The molecule has 0 radical (unpaired) electrons. The monoisotopic (exact) mass is 572 g/mol. The predicted octanol–water partition coefficient (Wildman–Crippen LogP) is 4.60. The molecule has 0 N–H and O–H groups in total. The molecule has 0 saturated carbocycles. The molecule has 3 aromatic rings. The number of morpholine rings is 1. The molecule has 2 aliphatic rings. The van der Waals surface area contributed by atoms with E-state index >= 15 is 0 Å². The molecule has 0 aromatic heterocycles. The summed E-state index contributed by atoms with van der Waals surface area (Å²) in [5, 5.41) is 6.32. The number of para-hydroxylation sites is 1. The van der Waals surface area contributed by atoms with Gasteiger partial charge in [-0.1, -0.05) is 36.4 Å². The van der Waals surface area contributed by atoms with Gasteiger partial charge in [0.1, 0.15) is 18.1 Å². The van der Waals surface area contributed by atoms with Gasteiger partial charge in [-0.2, -0.15) is 5.10 Å². The lowest BCUT2D eigenvalue weighted by atomic mass is 9.96. The summed E-state index contributed by atoms with van der Waals surface area (Å²) < 4.78 is 25.1. The maximum atomic E-state index is 14.1. The number of hydrogen-bond acceptors (Lipinski definition) is 6. The molecular formula is C33H37FN4O4. The zero-order chi connectivity index (χ0) is 29.6. The van der Waals surface area contributed by atoms with Gasteiger partial charge >= 0.3 is 0 Å². The van der Waals surface area contributed by atoms with Crippen LogP contribution in [0.1, 0.15) is 45.1 Å². The topological polar surface area (TPSA) is 74.7 Å². The normalized spacial score (nSPS) is 17.2. The van der Waals surface area contributed by atoms with E-state index in [-0.39, 0.29) is 18.0 Å². The maximum Gasteiger partial charge on any atom is 0.262 e. The lowest BCUT2D eigenvalue weighted by Crippen LogP contribution is -2.46. The molecule has 2 aliphatic heterocycles. The highest BCUT2D eigenvalue weighted by molar-refractivity contribution is 6.04. The quantitative estimate of drug-likeness (QED) is 0.375. The Bertz CT molecular complexity index is 1470. The van der Waals surface area contributed by atoms with E-state index in [9.17, 15) is 14.0 Å². The first-order chi connectivity index (χ1) is 20.3. The lowest BCUT2D eigenvalue weighted by Gasteiger charge is -2.31. The molecule has 1 atom stereocenters. The van der Waals surface area contributed by atoms with Crippen molar-refractivity contribution >= 4 is 17.5 Å². The summed E-state index contributed by atoms with van der Waals surface area (Å²) in [5.74, 6) is -0.561. The molecule has 0 unspecified atom stereocenters. The molecule has 0 bridgehead atoms. The Labute approximate surface area is 246 Å². The van der Waals surface area contributed by atoms with Crippen molar-refractivity contribution in [3.8, 4) is 5.75 Å². The van der Waals surface area contributed by atoms with Crippen LogP contribution < -0.4 is 4.74 Å². The predicted molar refractivity (Wildman–Crippen MR) is 159 cm³/mol. The van der Waals surface area contributed by atoms with Gasteiger partial charge in [-0.3, -0.25) is 14.5 Å². The first kappa shape index (κ1) is 29.4. The van der Waals surface area contributed by atoms with Crippen LogP contribution in [0, 0.1) is 19.7 Å². The number of amides is 2. The summed E-state index contributed by atoms with van der Waals surface area (Å²) in [6.07, 6.45) is 0.500.